The highest BCUT2D eigenvalue weighted by atomic mass is 15.1. The van der Waals surface area contributed by atoms with Crippen molar-refractivity contribution in [3.63, 3.8) is 0 Å². The second-order valence-corrected chi connectivity index (χ2v) is 4.39. The van der Waals surface area contributed by atoms with Crippen LogP contribution in [0, 0.1) is 0 Å². The third-order valence-corrected chi connectivity index (χ3v) is 3.23. The molecule has 0 spiro atoms. The number of rotatable bonds is 4. The van der Waals surface area contributed by atoms with Crippen molar-refractivity contribution < 1.29 is 0 Å². The Morgan fingerprint density at radius 1 is 1.05 bits per heavy atom. The summed E-state index contributed by atoms with van der Waals surface area (Å²) in [6, 6.07) is 14.2. The smallest absolute Gasteiger partial charge is 0.138 e. The van der Waals surface area contributed by atoms with E-state index in [4.69, 9.17) is 5.73 Å². The van der Waals surface area contributed by atoms with E-state index >= 15 is 0 Å². The summed E-state index contributed by atoms with van der Waals surface area (Å²) in [6.07, 6.45) is 3.75. The van der Waals surface area contributed by atoms with Gasteiger partial charge in [-0.05, 0) is 23.3 Å². The highest BCUT2D eigenvalue weighted by molar-refractivity contribution is 5.50. The van der Waals surface area contributed by atoms with E-state index in [0.29, 0.717) is 6.54 Å². The van der Waals surface area contributed by atoms with Crippen LogP contribution in [0.4, 0.5) is 5.82 Å². The Morgan fingerprint density at radius 3 is 2.74 bits per heavy atom. The first kappa shape index (κ1) is 11.7. The standard InChI is InChI=1S/C15H16N4/c16-10-12-4-1-2-5-13(12)11-18-15-7-3-6-14-17-8-9-19(14)15/h1-9,18H,10-11,16H2. The van der Waals surface area contributed by atoms with Gasteiger partial charge in [0.25, 0.3) is 0 Å². The van der Waals surface area contributed by atoms with Gasteiger partial charge in [-0.15, -0.1) is 0 Å². The van der Waals surface area contributed by atoms with Gasteiger partial charge in [0.2, 0.25) is 0 Å². The highest BCUT2D eigenvalue weighted by Crippen LogP contribution is 2.14. The molecule has 0 atom stereocenters. The molecule has 0 saturated carbocycles. The second kappa shape index (κ2) is 5.12. The number of nitrogens with zero attached hydrogens (tertiary/aromatic N) is 2. The molecule has 3 N–H and O–H groups in total. The van der Waals surface area contributed by atoms with Gasteiger partial charge in [-0.25, -0.2) is 4.98 Å². The van der Waals surface area contributed by atoms with Crippen molar-refractivity contribution in [1.29, 1.82) is 0 Å². The predicted octanol–water partition coefficient (Wildman–Crippen LogP) is 2.41. The molecule has 0 fully saturated rings. The van der Waals surface area contributed by atoms with E-state index in [0.717, 1.165) is 18.0 Å². The Bertz CT molecular complexity index is 687. The van der Waals surface area contributed by atoms with Gasteiger partial charge in [-0.2, -0.15) is 0 Å². The molecule has 0 aliphatic rings. The Hall–Kier alpha value is -2.33. The maximum atomic E-state index is 5.75. The molecule has 3 aromatic rings. The molecule has 0 unspecified atom stereocenters. The third-order valence-electron chi connectivity index (χ3n) is 3.23. The lowest BCUT2D eigenvalue weighted by atomic mass is 10.1. The fourth-order valence-electron chi connectivity index (χ4n) is 2.21. The van der Waals surface area contributed by atoms with Gasteiger partial charge in [0.1, 0.15) is 11.5 Å². The molecular formula is C15H16N4. The van der Waals surface area contributed by atoms with Crippen molar-refractivity contribution in [2.75, 3.05) is 5.32 Å². The average molecular weight is 252 g/mol. The van der Waals surface area contributed by atoms with E-state index in [1.807, 2.05) is 40.9 Å². The molecular weight excluding hydrogens is 236 g/mol. The predicted molar refractivity (Wildman–Crippen MR) is 76.9 cm³/mol. The third kappa shape index (κ3) is 2.30. The lowest BCUT2D eigenvalue weighted by Gasteiger charge is -2.11. The molecule has 2 aromatic heterocycles. The first-order valence-electron chi connectivity index (χ1n) is 6.31. The number of hydrogen-bond donors (Lipinski definition) is 2. The number of anilines is 1. The minimum Gasteiger partial charge on any atom is -0.367 e. The van der Waals surface area contributed by atoms with Gasteiger partial charge in [0.05, 0.1) is 0 Å². The zero-order valence-corrected chi connectivity index (χ0v) is 10.6. The molecule has 0 saturated heterocycles. The van der Waals surface area contributed by atoms with Crippen molar-refractivity contribution in [2.24, 2.45) is 5.73 Å². The molecule has 96 valence electrons. The van der Waals surface area contributed by atoms with Crippen LogP contribution >= 0.6 is 0 Å². The maximum absolute atomic E-state index is 5.75. The first-order chi connectivity index (χ1) is 9.38. The number of nitrogens with two attached hydrogens (primary N) is 1. The lowest BCUT2D eigenvalue weighted by molar-refractivity contribution is 0.996. The molecule has 2 heterocycles. The van der Waals surface area contributed by atoms with Gasteiger partial charge >= 0.3 is 0 Å². The van der Waals surface area contributed by atoms with Gasteiger partial charge in [0, 0.05) is 25.5 Å². The van der Waals surface area contributed by atoms with Gasteiger partial charge < -0.3 is 11.1 Å². The Kier molecular flexibility index (Phi) is 3.16. The summed E-state index contributed by atoms with van der Waals surface area (Å²) in [7, 11) is 0. The zero-order chi connectivity index (χ0) is 13.1. The Labute approximate surface area is 111 Å². The second-order valence-electron chi connectivity index (χ2n) is 4.39. The molecule has 4 heteroatoms. The number of benzene rings is 1. The summed E-state index contributed by atoms with van der Waals surface area (Å²) in [5.41, 5.74) is 9.09. The lowest BCUT2D eigenvalue weighted by Crippen LogP contribution is -2.08. The van der Waals surface area contributed by atoms with Crippen molar-refractivity contribution in [1.82, 2.24) is 9.38 Å². The number of fused-ring (bicyclic) bond motifs is 1. The van der Waals surface area contributed by atoms with Crippen molar-refractivity contribution >= 4 is 11.5 Å². The molecule has 4 nitrogen and oxygen atoms in total. The molecule has 0 bridgehead atoms. The average Bonchev–Trinajstić information content (AvgIpc) is 2.94. The quantitative estimate of drug-likeness (QED) is 0.749. The summed E-state index contributed by atoms with van der Waals surface area (Å²) in [4.78, 5) is 4.27. The van der Waals surface area contributed by atoms with E-state index in [1.165, 1.54) is 11.1 Å². The zero-order valence-electron chi connectivity index (χ0n) is 10.6. The van der Waals surface area contributed by atoms with Crippen LogP contribution in [-0.4, -0.2) is 9.38 Å². The maximum Gasteiger partial charge on any atom is 0.138 e. The van der Waals surface area contributed by atoms with Gasteiger partial charge in [-0.3, -0.25) is 4.40 Å². The SMILES string of the molecule is NCc1ccccc1CNc1cccc2nccn12. The molecule has 0 aliphatic heterocycles. The molecule has 3 rings (SSSR count). The summed E-state index contributed by atoms with van der Waals surface area (Å²) >= 11 is 0. The summed E-state index contributed by atoms with van der Waals surface area (Å²) < 4.78 is 2.03. The monoisotopic (exact) mass is 252 g/mol. The van der Waals surface area contributed by atoms with Crippen molar-refractivity contribution in [2.45, 2.75) is 13.1 Å². The summed E-state index contributed by atoms with van der Waals surface area (Å²) in [6.45, 7) is 1.32. The molecule has 19 heavy (non-hydrogen) atoms. The van der Waals surface area contributed by atoms with Crippen molar-refractivity contribution in [3.8, 4) is 0 Å². The van der Waals surface area contributed by atoms with Crippen LogP contribution in [0.5, 0.6) is 0 Å². The fourth-order valence-corrected chi connectivity index (χ4v) is 2.21. The summed E-state index contributed by atoms with van der Waals surface area (Å²) in [5.74, 6) is 1.03. The Morgan fingerprint density at radius 2 is 1.89 bits per heavy atom. The van der Waals surface area contributed by atoms with E-state index in [-0.39, 0.29) is 0 Å². The van der Waals surface area contributed by atoms with E-state index < -0.39 is 0 Å². The van der Waals surface area contributed by atoms with E-state index in [1.54, 1.807) is 6.20 Å². The topological polar surface area (TPSA) is 55.3 Å². The van der Waals surface area contributed by atoms with Crippen molar-refractivity contribution in [3.05, 3.63) is 66.0 Å². The van der Waals surface area contributed by atoms with Crippen LogP contribution in [0.25, 0.3) is 5.65 Å². The molecule has 1 aromatic carbocycles. The van der Waals surface area contributed by atoms with E-state index in [9.17, 15) is 0 Å². The van der Waals surface area contributed by atoms with Crippen LogP contribution in [0.3, 0.4) is 0 Å². The van der Waals surface area contributed by atoms with Crippen LogP contribution in [0.15, 0.2) is 54.9 Å². The fraction of sp³-hybridized carbons (Fsp3) is 0.133. The van der Waals surface area contributed by atoms with Gasteiger partial charge in [0.15, 0.2) is 0 Å². The minimum absolute atomic E-state index is 0.563. The number of pyridine rings is 1. The normalized spacial score (nSPS) is 10.8. The van der Waals surface area contributed by atoms with Crippen LogP contribution < -0.4 is 11.1 Å². The summed E-state index contributed by atoms with van der Waals surface area (Å²) in [5, 5.41) is 3.43. The highest BCUT2D eigenvalue weighted by Gasteiger charge is 2.02. The number of imidazole rings is 1. The Balaban J connectivity index is 1.84. The molecule has 0 aliphatic carbocycles. The van der Waals surface area contributed by atoms with Gasteiger partial charge in [-0.1, -0.05) is 30.3 Å². The largest absolute Gasteiger partial charge is 0.367 e. The number of aromatic nitrogens is 2. The van der Waals surface area contributed by atoms with Crippen LogP contribution in [0.1, 0.15) is 11.1 Å². The molecule has 0 amide bonds. The number of nitrogens with one attached hydrogen (secondary N) is 1. The minimum atomic E-state index is 0.563. The first-order valence-corrected chi connectivity index (χ1v) is 6.31. The van der Waals surface area contributed by atoms with E-state index in [2.05, 4.69) is 22.4 Å². The molecule has 0 radical (unpaired) electrons. The van der Waals surface area contributed by atoms with Crippen LogP contribution in [-0.2, 0) is 13.1 Å². The van der Waals surface area contributed by atoms with Crippen LogP contribution in [0.2, 0.25) is 0 Å². The number of hydrogen-bond acceptors (Lipinski definition) is 3.